The van der Waals surface area contributed by atoms with Crippen molar-refractivity contribution in [2.24, 2.45) is 0 Å². The molecule has 1 heterocycles. The van der Waals surface area contributed by atoms with Crippen LogP contribution in [0.5, 0.6) is 0 Å². The van der Waals surface area contributed by atoms with Crippen LogP contribution >= 0.6 is 0 Å². The smallest absolute Gasteiger partial charge is 0.144 e. The molecule has 2 unspecified atom stereocenters. The average Bonchev–Trinajstić information content (AvgIpc) is 2.68. The minimum atomic E-state index is -1.74. The molecule has 0 radical (unpaired) electrons. The van der Waals surface area contributed by atoms with E-state index in [9.17, 15) is 13.0 Å². The Balaban J connectivity index is 2.18. The van der Waals surface area contributed by atoms with Crippen LogP contribution in [-0.2, 0) is 15.5 Å². The van der Waals surface area contributed by atoms with Gasteiger partial charge in [0, 0.05) is 12.3 Å². The molecule has 0 aromatic heterocycles. The monoisotopic (exact) mass is 261 g/mol. The standard InChI is InChI=1S/C11H13F2NO2S/c12-9-4-7(14)5-10(13)11(9)17(15)6-8-2-1-3-16-8/h4-5,8H,1-3,6,14H2. The van der Waals surface area contributed by atoms with E-state index in [-0.39, 0.29) is 17.5 Å². The third-order valence-electron chi connectivity index (χ3n) is 2.61. The van der Waals surface area contributed by atoms with Gasteiger partial charge in [-0.3, -0.25) is 4.21 Å². The first-order valence-corrected chi connectivity index (χ1v) is 6.64. The average molecular weight is 261 g/mol. The highest BCUT2D eigenvalue weighted by Gasteiger charge is 2.23. The molecule has 0 bridgehead atoms. The molecule has 1 aliphatic heterocycles. The Morgan fingerprint density at radius 1 is 1.41 bits per heavy atom. The maximum absolute atomic E-state index is 13.5. The summed E-state index contributed by atoms with van der Waals surface area (Å²) in [5.74, 6) is -1.60. The molecule has 0 saturated carbocycles. The zero-order chi connectivity index (χ0) is 12.4. The van der Waals surface area contributed by atoms with Crippen molar-refractivity contribution >= 4 is 16.5 Å². The van der Waals surface area contributed by atoms with E-state index >= 15 is 0 Å². The Morgan fingerprint density at radius 2 is 2.06 bits per heavy atom. The van der Waals surface area contributed by atoms with E-state index in [4.69, 9.17) is 10.5 Å². The number of ether oxygens (including phenoxy) is 1. The first-order chi connectivity index (χ1) is 8.08. The Bertz CT molecular complexity index is 424. The molecule has 2 N–H and O–H groups in total. The Morgan fingerprint density at radius 3 is 2.59 bits per heavy atom. The molecule has 1 saturated heterocycles. The van der Waals surface area contributed by atoms with E-state index in [1.54, 1.807) is 0 Å². The number of hydrogen-bond acceptors (Lipinski definition) is 3. The lowest BCUT2D eigenvalue weighted by molar-refractivity contribution is 0.128. The van der Waals surface area contributed by atoms with Crippen molar-refractivity contribution in [3.63, 3.8) is 0 Å². The number of anilines is 1. The van der Waals surface area contributed by atoms with Crippen LogP contribution in [0, 0.1) is 11.6 Å². The van der Waals surface area contributed by atoms with E-state index < -0.39 is 27.3 Å². The number of nitrogen functional groups attached to an aromatic ring is 1. The highest BCUT2D eigenvalue weighted by molar-refractivity contribution is 7.85. The number of rotatable bonds is 3. The SMILES string of the molecule is Nc1cc(F)c(S(=O)CC2CCCO2)c(F)c1. The summed E-state index contributed by atoms with van der Waals surface area (Å²) in [5.41, 5.74) is 5.27. The minimum Gasteiger partial charge on any atom is -0.399 e. The van der Waals surface area contributed by atoms with Crippen molar-refractivity contribution in [3.8, 4) is 0 Å². The molecule has 1 aliphatic rings. The van der Waals surface area contributed by atoms with Crippen molar-refractivity contribution in [2.45, 2.75) is 23.8 Å². The maximum atomic E-state index is 13.5. The third kappa shape index (κ3) is 2.81. The molecule has 6 heteroatoms. The van der Waals surface area contributed by atoms with E-state index in [2.05, 4.69) is 0 Å². The van der Waals surface area contributed by atoms with E-state index in [1.165, 1.54) is 0 Å². The molecule has 2 atom stereocenters. The molecule has 1 aromatic rings. The van der Waals surface area contributed by atoms with Gasteiger partial charge in [0.1, 0.15) is 16.5 Å². The number of hydrogen-bond donors (Lipinski definition) is 1. The lowest BCUT2D eigenvalue weighted by Gasteiger charge is -2.10. The van der Waals surface area contributed by atoms with Crippen LogP contribution in [-0.4, -0.2) is 22.7 Å². The summed E-state index contributed by atoms with van der Waals surface area (Å²) >= 11 is 0. The van der Waals surface area contributed by atoms with Crippen molar-refractivity contribution in [1.82, 2.24) is 0 Å². The largest absolute Gasteiger partial charge is 0.399 e. The van der Waals surface area contributed by atoms with Gasteiger partial charge in [0.15, 0.2) is 0 Å². The molecular weight excluding hydrogens is 248 g/mol. The molecule has 1 fully saturated rings. The van der Waals surface area contributed by atoms with Gasteiger partial charge < -0.3 is 10.5 Å². The summed E-state index contributed by atoms with van der Waals surface area (Å²) < 4.78 is 44.1. The van der Waals surface area contributed by atoms with Gasteiger partial charge in [-0.25, -0.2) is 8.78 Å². The zero-order valence-corrected chi connectivity index (χ0v) is 9.93. The van der Waals surface area contributed by atoms with Crippen molar-refractivity contribution in [2.75, 3.05) is 18.1 Å². The topological polar surface area (TPSA) is 52.3 Å². The summed E-state index contributed by atoms with van der Waals surface area (Å²) in [6, 6.07) is 1.96. The Labute approximate surface area is 100 Å². The zero-order valence-electron chi connectivity index (χ0n) is 9.12. The van der Waals surface area contributed by atoms with Gasteiger partial charge in [-0.2, -0.15) is 0 Å². The normalized spacial score (nSPS) is 21.6. The second kappa shape index (κ2) is 5.10. The van der Waals surface area contributed by atoms with Crippen molar-refractivity contribution in [1.29, 1.82) is 0 Å². The molecular formula is C11H13F2NO2S. The third-order valence-corrected chi connectivity index (χ3v) is 4.13. The molecule has 17 heavy (non-hydrogen) atoms. The second-order valence-electron chi connectivity index (χ2n) is 3.96. The van der Waals surface area contributed by atoms with Gasteiger partial charge in [-0.05, 0) is 25.0 Å². The van der Waals surface area contributed by atoms with Crippen LogP contribution in [0.1, 0.15) is 12.8 Å². The van der Waals surface area contributed by atoms with Gasteiger partial charge in [0.2, 0.25) is 0 Å². The van der Waals surface area contributed by atoms with Crippen LogP contribution in [0.3, 0.4) is 0 Å². The predicted molar refractivity (Wildman–Crippen MR) is 61.0 cm³/mol. The number of benzene rings is 1. The van der Waals surface area contributed by atoms with E-state index in [1.807, 2.05) is 0 Å². The lowest BCUT2D eigenvalue weighted by Crippen LogP contribution is -2.17. The molecule has 0 aliphatic carbocycles. The van der Waals surface area contributed by atoms with Crippen LogP contribution < -0.4 is 5.73 Å². The van der Waals surface area contributed by atoms with Crippen molar-refractivity contribution < 1.29 is 17.7 Å². The van der Waals surface area contributed by atoms with Crippen LogP contribution in [0.25, 0.3) is 0 Å². The summed E-state index contributed by atoms with van der Waals surface area (Å²) in [5, 5.41) is 0. The fourth-order valence-corrected chi connectivity index (χ4v) is 3.15. The maximum Gasteiger partial charge on any atom is 0.144 e. The highest BCUT2D eigenvalue weighted by Crippen LogP contribution is 2.23. The molecule has 1 aromatic carbocycles. The highest BCUT2D eigenvalue weighted by atomic mass is 32.2. The first-order valence-electron chi connectivity index (χ1n) is 5.32. The fourth-order valence-electron chi connectivity index (χ4n) is 1.82. The Hall–Kier alpha value is -1.01. The second-order valence-corrected chi connectivity index (χ2v) is 5.39. The predicted octanol–water partition coefficient (Wildman–Crippen LogP) is 1.83. The van der Waals surface area contributed by atoms with Crippen molar-refractivity contribution in [3.05, 3.63) is 23.8 Å². The van der Waals surface area contributed by atoms with Crippen LogP contribution in [0.15, 0.2) is 17.0 Å². The number of halogens is 2. The first kappa shape index (κ1) is 12.4. The summed E-state index contributed by atoms with van der Waals surface area (Å²) in [6.07, 6.45) is 1.51. The molecule has 0 amide bonds. The molecule has 3 nitrogen and oxygen atoms in total. The molecule has 94 valence electrons. The Kier molecular flexibility index (Phi) is 3.73. The van der Waals surface area contributed by atoms with E-state index in [0.29, 0.717) is 6.61 Å². The van der Waals surface area contributed by atoms with Crippen LogP contribution in [0.2, 0.25) is 0 Å². The van der Waals surface area contributed by atoms with Gasteiger partial charge in [0.05, 0.1) is 22.7 Å². The number of nitrogens with two attached hydrogens (primary N) is 1. The van der Waals surface area contributed by atoms with Gasteiger partial charge in [0.25, 0.3) is 0 Å². The summed E-state index contributed by atoms with van der Waals surface area (Å²) in [6.45, 7) is 0.620. The minimum absolute atomic E-state index is 0.0159. The fraction of sp³-hybridized carbons (Fsp3) is 0.455. The summed E-state index contributed by atoms with van der Waals surface area (Å²) in [7, 11) is -1.74. The quantitative estimate of drug-likeness (QED) is 0.845. The lowest BCUT2D eigenvalue weighted by atomic mass is 10.3. The summed E-state index contributed by atoms with van der Waals surface area (Å²) in [4.78, 5) is -0.408. The van der Waals surface area contributed by atoms with E-state index in [0.717, 1.165) is 25.0 Å². The van der Waals surface area contributed by atoms with Gasteiger partial charge >= 0.3 is 0 Å². The van der Waals surface area contributed by atoms with Crippen LogP contribution in [0.4, 0.5) is 14.5 Å². The van der Waals surface area contributed by atoms with Gasteiger partial charge in [-0.1, -0.05) is 0 Å². The molecule has 2 rings (SSSR count). The van der Waals surface area contributed by atoms with Gasteiger partial charge in [-0.15, -0.1) is 0 Å². The molecule has 0 spiro atoms.